The number of fused-ring (bicyclic) bond motifs is 1. The molecule has 1 aliphatic carbocycles. The van der Waals surface area contributed by atoms with Crippen molar-refractivity contribution < 1.29 is 4.42 Å². The second kappa shape index (κ2) is 3.96. The molecule has 0 atom stereocenters. The SMILES string of the molecule is Cn1c(=O)oc2ccc(CNCC3(N)CC3)cc21. The Hall–Kier alpha value is -1.59. The number of aryl methyl sites for hydroxylation is 1. The summed E-state index contributed by atoms with van der Waals surface area (Å²) in [4.78, 5) is 11.4. The van der Waals surface area contributed by atoms with Crippen molar-refractivity contribution >= 4 is 11.1 Å². The maximum atomic E-state index is 11.4. The molecule has 0 amide bonds. The van der Waals surface area contributed by atoms with Crippen LogP contribution >= 0.6 is 0 Å². The normalized spacial score (nSPS) is 17.2. The van der Waals surface area contributed by atoms with Crippen LogP contribution in [0.1, 0.15) is 18.4 Å². The van der Waals surface area contributed by atoms with Crippen LogP contribution in [0, 0.1) is 0 Å². The zero-order valence-corrected chi connectivity index (χ0v) is 10.4. The first kappa shape index (κ1) is 11.5. The topological polar surface area (TPSA) is 73.2 Å². The van der Waals surface area contributed by atoms with E-state index in [4.69, 9.17) is 10.2 Å². The summed E-state index contributed by atoms with van der Waals surface area (Å²) >= 11 is 0. The average Bonchev–Trinajstić information content (AvgIpc) is 3.01. The van der Waals surface area contributed by atoms with E-state index in [0.717, 1.165) is 37.0 Å². The highest BCUT2D eigenvalue weighted by molar-refractivity contribution is 5.73. The van der Waals surface area contributed by atoms with Gasteiger partial charge >= 0.3 is 5.76 Å². The number of aromatic nitrogens is 1. The molecule has 1 aromatic carbocycles. The fourth-order valence-corrected chi connectivity index (χ4v) is 2.08. The zero-order valence-electron chi connectivity index (χ0n) is 10.4. The largest absolute Gasteiger partial charge is 0.419 e. The summed E-state index contributed by atoms with van der Waals surface area (Å²) in [5.74, 6) is -0.325. The fraction of sp³-hybridized carbons (Fsp3) is 0.462. The van der Waals surface area contributed by atoms with Crippen LogP contribution in [-0.4, -0.2) is 16.7 Å². The van der Waals surface area contributed by atoms with E-state index in [1.165, 1.54) is 4.57 Å². The lowest BCUT2D eigenvalue weighted by atomic mass is 10.2. The average molecular weight is 247 g/mol. The Morgan fingerprint density at radius 3 is 3.00 bits per heavy atom. The molecule has 0 spiro atoms. The number of hydrogen-bond donors (Lipinski definition) is 2. The quantitative estimate of drug-likeness (QED) is 0.834. The molecule has 3 N–H and O–H groups in total. The Morgan fingerprint density at radius 2 is 2.28 bits per heavy atom. The molecule has 1 aliphatic rings. The van der Waals surface area contributed by atoms with Gasteiger partial charge in [0.25, 0.3) is 0 Å². The van der Waals surface area contributed by atoms with E-state index < -0.39 is 0 Å². The predicted octanol–water partition coefficient (Wildman–Crippen LogP) is 0.712. The molecule has 96 valence electrons. The zero-order chi connectivity index (χ0) is 12.8. The van der Waals surface area contributed by atoms with Crippen LogP contribution in [0.5, 0.6) is 0 Å². The van der Waals surface area contributed by atoms with Crippen LogP contribution in [-0.2, 0) is 13.6 Å². The van der Waals surface area contributed by atoms with Crippen LogP contribution in [0.15, 0.2) is 27.4 Å². The molecule has 1 saturated carbocycles. The van der Waals surface area contributed by atoms with Crippen molar-refractivity contribution in [3.8, 4) is 0 Å². The lowest BCUT2D eigenvalue weighted by Crippen LogP contribution is -2.35. The minimum Gasteiger partial charge on any atom is -0.408 e. The highest BCUT2D eigenvalue weighted by Gasteiger charge is 2.37. The van der Waals surface area contributed by atoms with Crippen LogP contribution in [0.4, 0.5) is 0 Å². The van der Waals surface area contributed by atoms with Crippen molar-refractivity contribution in [3.05, 3.63) is 34.3 Å². The maximum absolute atomic E-state index is 11.4. The molecular formula is C13H17N3O2. The molecule has 2 aromatic rings. The number of benzene rings is 1. The van der Waals surface area contributed by atoms with E-state index in [-0.39, 0.29) is 11.3 Å². The molecule has 0 unspecified atom stereocenters. The molecule has 1 fully saturated rings. The van der Waals surface area contributed by atoms with E-state index >= 15 is 0 Å². The molecule has 1 heterocycles. The highest BCUT2D eigenvalue weighted by Crippen LogP contribution is 2.31. The van der Waals surface area contributed by atoms with Crippen LogP contribution in [0.3, 0.4) is 0 Å². The van der Waals surface area contributed by atoms with Gasteiger partial charge in [-0.15, -0.1) is 0 Å². The van der Waals surface area contributed by atoms with Gasteiger partial charge in [-0.25, -0.2) is 4.79 Å². The molecule has 0 bridgehead atoms. The first-order valence-electron chi connectivity index (χ1n) is 6.15. The Kier molecular flexibility index (Phi) is 2.53. The van der Waals surface area contributed by atoms with Gasteiger partial charge in [-0.05, 0) is 30.5 Å². The number of rotatable bonds is 4. The summed E-state index contributed by atoms with van der Waals surface area (Å²) in [6.07, 6.45) is 2.21. The molecule has 5 nitrogen and oxygen atoms in total. The summed E-state index contributed by atoms with van der Waals surface area (Å²) in [6, 6.07) is 5.78. The van der Waals surface area contributed by atoms with Gasteiger partial charge in [0.1, 0.15) is 0 Å². The van der Waals surface area contributed by atoms with E-state index in [2.05, 4.69) is 5.32 Å². The third kappa shape index (κ3) is 2.07. The van der Waals surface area contributed by atoms with Crippen molar-refractivity contribution in [2.24, 2.45) is 12.8 Å². The standard InChI is InChI=1S/C13H17N3O2/c1-16-10-6-9(2-3-11(10)18-12(16)17)7-15-8-13(14)4-5-13/h2-3,6,15H,4-5,7-8,14H2,1H3. The van der Waals surface area contributed by atoms with Crippen molar-refractivity contribution in [1.29, 1.82) is 0 Å². The minimum atomic E-state index is -0.325. The molecule has 1 aromatic heterocycles. The smallest absolute Gasteiger partial charge is 0.408 e. The van der Waals surface area contributed by atoms with Crippen molar-refractivity contribution in [3.63, 3.8) is 0 Å². The van der Waals surface area contributed by atoms with E-state index in [1.807, 2.05) is 18.2 Å². The Balaban J connectivity index is 1.76. The summed E-state index contributed by atoms with van der Waals surface area (Å²) in [5, 5.41) is 3.35. The van der Waals surface area contributed by atoms with Crippen LogP contribution < -0.4 is 16.8 Å². The monoisotopic (exact) mass is 247 g/mol. The minimum absolute atomic E-state index is 0.0204. The first-order chi connectivity index (χ1) is 8.57. The van der Waals surface area contributed by atoms with Gasteiger partial charge in [0, 0.05) is 25.7 Å². The van der Waals surface area contributed by atoms with Crippen molar-refractivity contribution in [2.75, 3.05) is 6.54 Å². The van der Waals surface area contributed by atoms with Gasteiger partial charge in [-0.1, -0.05) is 6.07 Å². The third-order valence-corrected chi connectivity index (χ3v) is 3.55. The van der Waals surface area contributed by atoms with Crippen LogP contribution in [0.25, 0.3) is 11.1 Å². The van der Waals surface area contributed by atoms with Crippen molar-refractivity contribution in [1.82, 2.24) is 9.88 Å². The molecule has 5 heteroatoms. The molecule has 0 saturated heterocycles. The number of nitrogens with two attached hydrogens (primary N) is 1. The van der Waals surface area contributed by atoms with Gasteiger partial charge in [-0.3, -0.25) is 4.57 Å². The summed E-state index contributed by atoms with van der Waals surface area (Å²) in [5.41, 5.74) is 8.61. The second-order valence-corrected chi connectivity index (χ2v) is 5.19. The molecule has 0 aliphatic heterocycles. The Labute approximate surface area is 105 Å². The van der Waals surface area contributed by atoms with Crippen molar-refractivity contribution in [2.45, 2.75) is 24.9 Å². The molecular weight excluding hydrogens is 230 g/mol. The van der Waals surface area contributed by atoms with Crippen LogP contribution in [0.2, 0.25) is 0 Å². The van der Waals surface area contributed by atoms with Gasteiger partial charge < -0.3 is 15.5 Å². The van der Waals surface area contributed by atoms with Gasteiger partial charge in [0.2, 0.25) is 0 Å². The van der Waals surface area contributed by atoms with E-state index in [1.54, 1.807) is 7.05 Å². The summed E-state index contributed by atoms with van der Waals surface area (Å²) in [6.45, 7) is 1.60. The second-order valence-electron chi connectivity index (χ2n) is 5.19. The summed E-state index contributed by atoms with van der Waals surface area (Å²) in [7, 11) is 1.71. The predicted molar refractivity (Wildman–Crippen MR) is 69.3 cm³/mol. The van der Waals surface area contributed by atoms with Gasteiger partial charge in [0.05, 0.1) is 5.52 Å². The van der Waals surface area contributed by atoms with Gasteiger partial charge in [-0.2, -0.15) is 0 Å². The molecule has 3 rings (SSSR count). The fourth-order valence-electron chi connectivity index (χ4n) is 2.08. The van der Waals surface area contributed by atoms with E-state index in [9.17, 15) is 4.79 Å². The maximum Gasteiger partial charge on any atom is 0.419 e. The molecule has 0 radical (unpaired) electrons. The van der Waals surface area contributed by atoms with Gasteiger partial charge in [0.15, 0.2) is 5.58 Å². The third-order valence-electron chi connectivity index (χ3n) is 3.55. The van der Waals surface area contributed by atoms with E-state index in [0.29, 0.717) is 5.58 Å². The lowest BCUT2D eigenvalue weighted by molar-refractivity contribution is 0.528. The highest BCUT2D eigenvalue weighted by atomic mass is 16.4. The Bertz CT molecular complexity index is 637. The lowest BCUT2D eigenvalue weighted by Gasteiger charge is -2.10. The number of nitrogens with zero attached hydrogens (tertiary/aromatic N) is 1. The summed E-state index contributed by atoms with van der Waals surface area (Å²) < 4.78 is 6.61. The molecule has 18 heavy (non-hydrogen) atoms. The first-order valence-corrected chi connectivity index (χ1v) is 6.15. The number of hydrogen-bond acceptors (Lipinski definition) is 4. The number of nitrogens with one attached hydrogen (secondary N) is 1. The number of oxazole rings is 1. The Morgan fingerprint density at radius 1 is 1.50 bits per heavy atom.